The molecule has 82 valence electrons. The zero-order valence-electron chi connectivity index (χ0n) is 8.49. The molecular weight excluding hydrogens is 214 g/mol. The first-order valence-corrected chi connectivity index (χ1v) is 5.53. The average molecular weight is 228 g/mol. The summed E-state index contributed by atoms with van der Waals surface area (Å²) >= 11 is 5.78. The molecule has 2 rings (SSSR count). The number of halogens is 1. The highest BCUT2D eigenvalue weighted by Crippen LogP contribution is 2.13. The molecule has 0 atom stereocenters. The van der Waals surface area contributed by atoms with E-state index in [-0.39, 0.29) is 0 Å². The highest BCUT2D eigenvalue weighted by atomic mass is 35.5. The van der Waals surface area contributed by atoms with Crippen molar-refractivity contribution in [1.29, 1.82) is 0 Å². The van der Waals surface area contributed by atoms with Crippen LogP contribution in [0.25, 0.3) is 0 Å². The second-order valence-corrected chi connectivity index (χ2v) is 3.96. The Labute approximate surface area is 94.4 Å². The Morgan fingerprint density at radius 2 is 2.20 bits per heavy atom. The van der Waals surface area contributed by atoms with Crippen molar-refractivity contribution < 1.29 is 9.47 Å². The minimum absolute atomic E-state index is 0.305. The van der Waals surface area contributed by atoms with Gasteiger partial charge in [0.25, 0.3) is 0 Å². The smallest absolute Gasteiger partial charge is 0.129 e. The van der Waals surface area contributed by atoms with E-state index >= 15 is 0 Å². The molecule has 0 unspecified atom stereocenters. The Morgan fingerprint density at radius 3 is 2.93 bits per heavy atom. The predicted octanol–water partition coefficient (Wildman–Crippen LogP) is 2.43. The van der Waals surface area contributed by atoms with Crippen LogP contribution in [0.15, 0.2) is 18.2 Å². The Bertz CT molecular complexity index is 313. The summed E-state index contributed by atoms with van der Waals surface area (Å²) in [6, 6.07) is 5.57. The summed E-state index contributed by atoms with van der Waals surface area (Å²) in [5, 5.41) is 0.517. The van der Waals surface area contributed by atoms with Gasteiger partial charge in [-0.25, -0.2) is 4.98 Å². The Hall–Kier alpha value is -0.640. The van der Waals surface area contributed by atoms with Gasteiger partial charge in [-0.15, -0.1) is 0 Å². The highest BCUT2D eigenvalue weighted by molar-refractivity contribution is 6.29. The number of aromatic nitrogens is 1. The Kier molecular flexibility index (Phi) is 3.94. The third kappa shape index (κ3) is 3.45. The molecule has 0 radical (unpaired) electrons. The van der Waals surface area contributed by atoms with Crippen LogP contribution < -0.4 is 0 Å². The number of hydrogen-bond donors (Lipinski definition) is 0. The number of ether oxygens (including phenoxy) is 2. The molecule has 0 saturated carbocycles. The van der Waals surface area contributed by atoms with Crippen LogP contribution in [-0.2, 0) is 16.1 Å². The topological polar surface area (TPSA) is 31.4 Å². The SMILES string of the molecule is Clc1cccc(COC2CCOCC2)n1. The zero-order valence-corrected chi connectivity index (χ0v) is 9.24. The molecule has 0 amide bonds. The summed E-state index contributed by atoms with van der Waals surface area (Å²) in [5.74, 6) is 0. The molecule has 1 aliphatic rings. The van der Waals surface area contributed by atoms with Crippen molar-refractivity contribution >= 4 is 11.6 Å². The molecule has 1 fully saturated rings. The van der Waals surface area contributed by atoms with Gasteiger partial charge in [-0.1, -0.05) is 17.7 Å². The van der Waals surface area contributed by atoms with Crippen LogP contribution >= 0.6 is 11.6 Å². The second-order valence-electron chi connectivity index (χ2n) is 3.57. The van der Waals surface area contributed by atoms with Crippen LogP contribution in [0.1, 0.15) is 18.5 Å². The number of nitrogens with zero attached hydrogens (tertiary/aromatic N) is 1. The van der Waals surface area contributed by atoms with Gasteiger partial charge in [-0.2, -0.15) is 0 Å². The summed E-state index contributed by atoms with van der Waals surface area (Å²) in [4.78, 5) is 4.17. The van der Waals surface area contributed by atoms with E-state index in [0.29, 0.717) is 17.9 Å². The van der Waals surface area contributed by atoms with Gasteiger partial charge in [-0.05, 0) is 25.0 Å². The normalized spacial score (nSPS) is 17.9. The van der Waals surface area contributed by atoms with Crippen molar-refractivity contribution in [2.45, 2.75) is 25.6 Å². The van der Waals surface area contributed by atoms with Crippen molar-refractivity contribution in [3.8, 4) is 0 Å². The summed E-state index contributed by atoms with van der Waals surface area (Å²) in [7, 11) is 0. The fraction of sp³-hybridized carbons (Fsp3) is 0.545. The third-order valence-electron chi connectivity index (χ3n) is 2.41. The van der Waals surface area contributed by atoms with Crippen LogP contribution in [0.2, 0.25) is 5.15 Å². The molecule has 0 aromatic carbocycles. The Balaban J connectivity index is 1.81. The molecule has 2 heterocycles. The summed E-state index contributed by atoms with van der Waals surface area (Å²) in [5.41, 5.74) is 0.883. The minimum Gasteiger partial charge on any atom is -0.381 e. The van der Waals surface area contributed by atoms with Gasteiger partial charge >= 0.3 is 0 Å². The Morgan fingerprint density at radius 1 is 1.40 bits per heavy atom. The van der Waals surface area contributed by atoms with E-state index in [1.54, 1.807) is 6.07 Å². The summed E-state index contributed by atoms with van der Waals surface area (Å²) in [6.07, 6.45) is 2.25. The van der Waals surface area contributed by atoms with E-state index in [0.717, 1.165) is 31.7 Å². The number of hydrogen-bond acceptors (Lipinski definition) is 3. The molecule has 0 bridgehead atoms. The monoisotopic (exact) mass is 227 g/mol. The molecule has 3 nitrogen and oxygen atoms in total. The van der Waals surface area contributed by atoms with Crippen molar-refractivity contribution in [2.24, 2.45) is 0 Å². The van der Waals surface area contributed by atoms with Gasteiger partial charge < -0.3 is 9.47 Å². The van der Waals surface area contributed by atoms with Gasteiger partial charge in [0.15, 0.2) is 0 Å². The predicted molar refractivity (Wildman–Crippen MR) is 57.9 cm³/mol. The van der Waals surface area contributed by atoms with Crippen molar-refractivity contribution in [3.05, 3.63) is 29.0 Å². The minimum atomic E-state index is 0.305. The maximum Gasteiger partial charge on any atom is 0.129 e. The van der Waals surface area contributed by atoms with Crippen molar-refractivity contribution in [2.75, 3.05) is 13.2 Å². The van der Waals surface area contributed by atoms with Crippen LogP contribution in [0, 0.1) is 0 Å². The largest absolute Gasteiger partial charge is 0.381 e. The first-order chi connectivity index (χ1) is 7.34. The lowest BCUT2D eigenvalue weighted by atomic mass is 10.1. The van der Waals surface area contributed by atoms with Gasteiger partial charge in [0.05, 0.1) is 18.4 Å². The second kappa shape index (κ2) is 5.45. The van der Waals surface area contributed by atoms with Crippen molar-refractivity contribution in [3.63, 3.8) is 0 Å². The fourth-order valence-corrected chi connectivity index (χ4v) is 1.76. The van der Waals surface area contributed by atoms with E-state index in [1.165, 1.54) is 0 Å². The van der Waals surface area contributed by atoms with Crippen LogP contribution in [0.3, 0.4) is 0 Å². The van der Waals surface area contributed by atoms with Crippen molar-refractivity contribution in [1.82, 2.24) is 4.98 Å². The van der Waals surface area contributed by atoms with Gasteiger partial charge in [-0.3, -0.25) is 0 Å². The fourth-order valence-electron chi connectivity index (χ4n) is 1.58. The zero-order chi connectivity index (χ0) is 10.5. The molecule has 0 spiro atoms. The van der Waals surface area contributed by atoms with E-state index in [4.69, 9.17) is 21.1 Å². The molecular formula is C11H14ClNO2. The summed E-state index contributed by atoms with van der Waals surface area (Å²) < 4.78 is 11.0. The third-order valence-corrected chi connectivity index (χ3v) is 2.62. The maximum absolute atomic E-state index is 5.78. The van der Waals surface area contributed by atoms with Crippen LogP contribution in [0.4, 0.5) is 0 Å². The van der Waals surface area contributed by atoms with E-state index in [9.17, 15) is 0 Å². The molecule has 1 saturated heterocycles. The molecule has 4 heteroatoms. The van der Waals surface area contributed by atoms with Gasteiger partial charge in [0.2, 0.25) is 0 Å². The van der Waals surface area contributed by atoms with E-state index < -0.39 is 0 Å². The lowest BCUT2D eigenvalue weighted by Gasteiger charge is -2.22. The van der Waals surface area contributed by atoms with Crippen LogP contribution in [-0.4, -0.2) is 24.3 Å². The quantitative estimate of drug-likeness (QED) is 0.744. The first kappa shape index (κ1) is 10.9. The van der Waals surface area contributed by atoms with E-state index in [2.05, 4.69) is 4.98 Å². The molecule has 1 aromatic rings. The maximum atomic E-state index is 5.78. The number of pyridine rings is 1. The first-order valence-electron chi connectivity index (χ1n) is 5.15. The lowest BCUT2D eigenvalue weighted by molar-refractivity contribution is -0.0399. The molecule has 0 N–H and O–H groups in total. The number of rotatable bonds is 3. The van der Waals surface area contributed by atoms with E-state index in [1.807, 2.05) is 12.1 Å². The van der Waals surface area contributed by atoms with Crippen LogP contribution in [0.5, 0.6) is 0 Å². The molecule has 15 heavy (non-hydrogen) atoms. The molecule has 1 aliphatic heterocycles. The average Bonchev–Trinajstić information content (AvgIpc) is 2.28. The lowest BCUT2D eigenvalue weighted by Crippen LogP contribution is -2.23. The molecule has 0 aliphatic carbocycles. The summed E-state index contributed by atoms with van der Waals surface area (Å²) in [6.45, 7) is 2.13. The molecule has 1 aromatic heterocycles. The highest BCUT2D eigenvalue weighted by Gasteiger charge is 2.14. The van der Waals surface area contributed by atoms with Gasteiger partial charge in [0, 0.05) is 13.2 Å². The standard InChI is InChI=1S/C11H14ClNO2/c12-11-3-1-2-9(13-11)8-15-10-4-6-14-7-5-10/h1-3,10H,4-8H2. The van der Waals surface area contributed by atoms with Gasteiger partial charge in [0.1, 0.15) is 5.15 Å².